The average Bonchev–Trinajstić information content (AvgIpc) is 3.29. The zero-order valence-corrected chi connectivity index (χ0v) is 15.7. The zero-order valence-electron chi connectivity index (χ0n) is 15.7. The van der Waals surface area contributed by atoms with Gasteiger partial charge in [-0.1, -0.05) is 17.7 Å². The highest BCUT2D eigenvalue weighted by atomic mass is 16.7. The van der Waals surface area contributed by atoms with E-state index in [0.29, 0.717) is 50.4 Å². The molecule has 3 heterocycles. The fourth-order valence-electron chi connectivity index (χ4n) is 4.00. The number of likely N-dealkylation sites (tertiary alicyclic amines) is 1. The fraction of sp³-hybridized carbons (Fsp3) is 0.429. The number of ether oxygens (including phenoxy) is 2. The molecule has 2 fully saturated rings. The molecule has 0 saturated carbocycles. The smallest absolute Gasteiger partial charge is 0.272 e. The number of benzene rings is 1. The van der Waals surface area contributed by atoms with Gasteiger partial charge in [0.1, 0.15) is 11.8 Å². The first-order valence-electron chi connectivity index (χ1n) is 9.29. The first kappa shape index (κ1) is 17.8. The highest BCUT2D eigenvalue weighted by Gasteiger charge is 2.41. The Bertz CT molecular complexity index is 909. The van der Waals surface area contributed by atoms with Crippen LogP contribution in [-0.4, -0.2) is 47.5 Å². The van der Waals surface area contributed by atoms with Gasteiger partial charge in [-0.15, -0.1) is 0 Å². The lowest BCUT2D eigenvalue weighted by molar-refractivity contribution is -0.181. The molecule has 2 aliphatic heterocycles. The van der Waals surface area contributed by atoms with Gasteiger partial charge in [-0.25, -0.2) is 0 Å². The topological polar surface area (TPSA) is 67.5 Å². The van der Waals surface area contributed by atoms with E-state index in [1.165, 1.54) is 0 Å². The van der Waals surface area contributed by atoms with E-state index in [4.69, 9.17) is 9.47 Å². The van der Waals surface area contributed by atoms with Crippen LogP contribution in [0.1, 0.15) is 40.0 Å². The predicted octanol–water partition coefficient (Wildman–Crippen LogP) is 2.94. The van der Waals surface area contributed by atoms with Crippen molar-refractivity contribution in [2.75, 3.05) is 26.3 Å². The van der Waals surface area contributed by atoms with Crippen molar-refractivity contribution < 1.29 is 14.3 Å². The quantitative estimate of drug-likeness (QED) is 0.821. The molecule has 0 aliphatic carbocycles. The summed E-state index contributed by atoms with van der Waals surface area (Å²) < 4.78 is 13.3. The second-order valence-corrected chi connectivity index (χ2v) is 7.25. The lowest BCUT2D eigenvalue weighted by Crippen LogP contribution is -2.47. The van der Waals surface area contributed by atoms with Crippen LogP contribution in [0.2, 0.25) is 0 Å². The molecule has 0 atom stereocenters. The van der Waals surface area contributed by atoms with Crippen molar-refractivity contribution in [3.63, 3.8) is 0 Å². The number of nitriles is 1. The molecule has 6 nitrogen and oxygen atoms in total. The molecular formula is C21H23N3O3. The molecule has 0 unspecified atom stereocenters. The predicted molar refractivity (Wildman–Crippen MR) is 99.7 cm³/mol. The van der Waals surface area contributed by atoms with Crippen LogP contribution < -0.4 is 0 Å². The van der Waals surface area contributed by atoms with Crippen molar-refractivity contribution in [3.8, 4) is 11.8 Å². The van der Waals surface area contributed by atoms with E-state index < -0.39 is 5.79 Å². The van der Waals surface area contributed by atoms with Crippen LogP contribution >= 0.6 is 0 Å². The third kappa shape index (κ3) is 3.14. The number of carbonyl (C=O) groups excluding carboxylic acids is 1. The van der Waals surface area contributed by atoms with Gasteiger partial charge in [-0.05, 0) is 31.5 Å². The normalized spacial score (nSPS) is 18.6. The maximum atomic E-state index is 13.3. The van der Waals surface area contributed by atoms with Crippen LogP contribution in [-0.2, 0) is 9.47 Å². The summed E-state index contributed by atoms with van der Waals surface area (Å²) in [5.74, 6) is -0.644. The molecule has 1 aromatic heterocycles. The van der Waals surface area contributed by atoms with Gasteiger partial charge < -0.3 is 18.9 Å². The minimum Gasteiger partial charge on any atom is -0.347 e. The summed E-state index contributed by atoms with van der Waals surface area (Å²) >= 11 is 0. The van der Waals surface area contributed by atoms with Crippen LogP contribution in [0.15, 0.2) is 30.5 Å². The molecule has 6 heteroatoms. The van der Waals surface area contributed by atoms with Gasteiger partial charge in [0.2, 0.25) is 0 Å². The summed E-state index contributed by atoms with van der Waals surface area (Å²) in [6.07, 6.45) is 3.12. The van der Waals surface area contributed by atoms with Gasteiger partial charge in [0.05, 0.1) is 18.8 Å². The van der Waals surface area contributed by atoms with Gasteiger partial charge in [0.25, 0.3) is 5.91 Å². The largest absolute Gasteiger partial charge is 0.347 e. The summed E-state index contributed by atoms with van der Waals surface area (Å²) in [6.45, 7) is 6.39. The number of amides is 1. The van der Waals surface area contributed by atoms with Crippen LogP contribution in [0.25, 0.3) is 5.69 Å². The number of nitrogens with zero attached hydrogens (tertiary/aromatic N) is 3. The third-order valence-corrected chi connectivity index (χ3v) is 5.45. The second kappa shape index (κ2) is 6.84. The van der Waals surface area contributed by atoms with Crippen molar-refractivity contribution in [2.24, 2.45) is 0 Å². The monoisotopic (exact) mass is 365 g/mol. The summed E-state index contributed by atoms with van der Waals surface area (Å²) in [5.41, 5.74) is 3.97. The molecule has 2 aliphatic rings. The lowest BCUT2D eigenvalue weighted by Gasteiger charge is -2.37. The average molecular weight is 365 g/mol. The van der Waals surface area contributed by atoms with E-state index in [1.807, 2.05) is 30.5 Å². The number of hydrogen-bond acceptors (Lipinski definition) is 4. The SMILES string of the molecule is Cc1ccc(-n2ccc(C#N)c2C(=O)N2CCC3(CC2)OCCO3)c(C)c1. The first-order chi connectivity index (χ1) is 13.0. The molecule has 4 rings (SSSR count). The second-order valence-electron chi connectivity index (χ2n) is 7.25. The molecule has 1 amide bonds. The van der Waals surface area contributed by atoms with Gasteiger partial charge in [0.15, 0.2) is 5.79 Å². The number of rotatable bonds is 2. The highest BCUT2D eigenvalue weighted by molar-refractivity contribution is 5.96. The van der Waals surface area contributed by atoms with E-state index >= 15 is 0 Å². The summed E-state index contributed by atoms with van der Waals surface area (Å²) in [4.78, 5) is 15.1. The number of aromatic nitrogens is 1. The van der Waals surface area contributed by atoms with Gasteiger partial charge in [-0.3, -0.25) is 4.79 Å². The van der Waals surface area contributed by atoms with E-state index in [-0.39, 0.29) is 5.91 Å². The molecule has 1 aromatic carbocycles. The Kier molecular flexibility index (Phi) is 4.50. The highest BCUT2D eigenvalue weighted by Crippen LogP contribution is 2.32. The maximum Gasteiger partial charge on any atom is 0.272 e. The first-order valence-corrected chi connectivity index (χ1v) is 9.29. The summed E-state index contributed by atoms with van der Waals surface area (Å²) in [5, 5.41) is 9.53. The van der Waals surface area contributed by atoms with E-state index in [0.717, 1.165) is 16.8 Å². The summed E-state index contributed by atoms with van der Waals surface area (Å²) in [7, 11) is 0. The molecule has 2 aromatic rings. The Balaban J connectivity index is 1.64. The molecule has 27 heavy (non-hydrogen) atoms. The van der Waals surface area contributed by atoms with Crippen LogP contribution in [0.4, 0.5) is 0 Å². The molecule has 140 valence electrons. The maximum absolute atomic E-state index is 13.3. The number of carbonyl (C=O) groups is 1. The molecule has 1 spiro atoms. The Morgan fingerprint density at radius 3 is 2.48 bits per heavy atom. The van der Waals surface area contributed by atoms with Crippen molar-refractivity contribution in [1.29, 1.82) is 5.26 Å². The molecular weight excluding hydrogens is 342 g/mol. The van der Waals surface area contributed by atoms with Crippen LogP contribution in [0.3, 0.4) is 0 Å². The van der Waals surface area contributed by atoms with Crippen molar-refractivity contribution in [1.82, 2.24) is 9.47 Å². The molecule has 0 radical (unpaired) electrons. The van der Waals surface area contributed by atoms with Gasteiger partial charge in [0, 0.05) is 37.8 Å². The van der Waals surface area contributed by atoms with Gasteiger partial charge >= 0.3 is 0 Å². The number of aryl methyl sites for hydroxylation is 2. The Labute approximate surface area is 158 Å². The standard InChI is InChI=1S/C21H23N3O3/c1-15-3-4-18(16(2)13-15)24-8-5-17(14-22)19(24)20(25)23-9-6-21(7-10-23)26-11-12-27-21/h3-5,8,13H,6-7,9-12H2,1-2H3. The van der Waals surface area contributed by atoms with Crippen molar-refractivity contribution in [2.45, 2.75) is 32.5 Å². The Morgan fingerprint density at radius 2 is 1.85 bits per heavy atom. The van der Waals surface area contributed by atoms with E-state index in [1.54, 1.807) is 17.2 Å². The van der Waals surface area contributed by atoms with E-state index in [9.17, 15) is 10.1 Å². The lowest BCUT2D eigenvalue weighted by atomic mass is 10.0. The van der Waals surface area contributed by atoms with Crippen LogP contribution in [0.5, 0.6) is 0 Å². The van der Waals surface area contributed by atoms with Crippen molar-refractivity contribution >= 4 is 5.91 Å². The Morgan fingerprint density at radius 1 is 1.15 bits per heavy atom. The molecule has 0 bridgehead atoms. The van der Waals surface area contributed by atoms with Crippen LogP contribution in [0, 0.1) is 25.2 Å². The molecule has 2 saturated heterocycles. The van der Waals surface area contributed by atoms with Crippen molar-refractivity contribution in [3.05, 3.63) is 52.8 Å². The van der Waals surface area contributed by atoms with Gasteiger partial charge in [-0.2, -0.15) is 5.26 Å². The minimum absolute atomic E-state index is 0.121. The van der Waals surface area contributed by atoms with E-state index in [2.05, 4.69) is 12.1 Å². The third-order valence-electron chi connectivity index (χ3n) is 5.45. The zero-order chi connectivity index (χ0) is 19.0. The Hall–Kier alpha value is -2.62. The summed E-state index contributed by atoms with van der Waals surface area (Å²) in [6, 6.07) is 9.97. The number of hydrogen-bond donors (Lipinski definition) is 0. The minimum atomic E-state index is -0.523. The fourth-order valence-corrected chi connectivity index (χ4v) is 4.00. The molecule has 0 N–H and O–H groups in total. The number of piperidine rings is 1.